The van der Waals surface area contributed by atoms with Crippen LogP contribution in [0, 0.1) is 0 Å². The number of carboxylic acid groups (broad SMARTS) is 2. The van der Waals surface area contributed by atoms with E-state index in [0.29, 0.717) is 0 Å². The quantitative estimate of drug-likeness (QED) is 0.140. The summed E-state index contributed by atoms with van der Waals surface area (Å²) in [5.74, 6) is -6.84. The predicted molar refractivity (Wildman–Crippen MR) is 151 cm³/mol. The van der Waals surface area contributed by atoms with Crippen molar-refractivity contribution >= 4 is 59.8 Å². The summed E-state index contributed by atoms with van der Waals surface area (Å²) in [5.41, 5.74) is -2.07. The van der Waals surface area contributed by atoms with Crippen molar-refractivity contribution in [1.82, 2.24) is 5.32 Å². The Labute approximate surface area is 247 Å². The first-order valence-electron chi connectivity index (χ1n) is 12.5. The van der Waals surface area contributed by atoms with Crippen molar-refractivity contribution in [3.8, 4) is 11.5 Å². The zero-order chi connectivity index (χ0) is 32.6. The Morgan fingerprint density at radius 2 is 1.05 bits per heavy atom. The number of nitrogens with one attached hydrogen (secondary N) is 3. The lowest BCUT2D eigenvalue weighted by Crippen LogP contribution is -2.23. The van der Waals surface area contributed by atoms with Gasteiger partial charge in [0.25, 0.3) is 30.7 Å². The van der Waals surface area contributed by atoms with Gasteiger partial charge in [-0.15, -0.1) is 0 Å². The molecule has 3 rings (SSSR count). The molecule has 15 nitrogen and oxygen atoms in total. The highest BCUT2D eigenvalue weighted by Crippen LogP contribution is 2.28. The minimum Gasteiger partial charge on any atom is -0.478 e. The van der Waals surface area contributed by atoms with Crippen molar-refractivity contribution in [2.75, 3.05) is 17.7 Å². The molecule has 0 fully saturated rings. The molecule has 0 heterocycles. The highest BCUT2D eigenvalue weighted by molar-refractivity contribution is 6.14. The normalized spacial score (nSPS) is 10.1. The molecule has 0 radical (unpaired) electrons. The average Bonchev–Trinajstić information content (AvgIpc) is 3.00. The van der Waals surface area contributed by atoms with Crippen LogP contribution >= 0.6 is 0 Å². The molecule has 44 heavy (non-hydrogen) atoms. The number of amides is 3. The number of hydrogen-bond acceptors (Lipinski definition) is 10. The van der Waals surface area contributed by atoms with Crippen molar-refractivity contribution in [3.63, 3.8) is 0 Å². The third kappa shape index (κ3) is 7.09. The number of carbonyl (C=O) groups excluding carboxylic acids is 6. The number of Topliss-reactive ketones (excluding diaryl/α,β-unsaturated/α-hetero) is 1. The van der Waals surface area contributed by atoms with Gasteiger partial charge in [0.15, 0.2) is 5.78 Å². The van der Waals surface area contributed by atoms with E-state index in [2.05, 4.69) is 16.0 Å². The monoisotopic (exact) mass is 605 g/mol. The van der Waals surface area contributed by atoms with E-state index in [1.54, 1.807) is 0 Å². The second kappa shape index (κ2) is 14.0. The van der Waals surface area contributed by atoms with Gasteiger partial charge in [-0.1, -0.05) is 6.92 Å². The number of rotatable bonds is 13. The summed E-state index contributed by atoms with van der Waals surface area (Å²) in [6.07, 6.45) is -0.0177. The lowest BCUT2D eigenvalue weighted by Gasteiger charge is -2.14. The molecule has 0 bridgehead atoms. The number of ether oxygens (including phenoxy) is 2. The second-order valence-corrected chi connectivity index (χ2v) is 8.67. The molecule has 0 aliphatic heterocycles. The van der Waals surface area contributed by atoms with Crippen molar-refractivity contribution in [2.45, 2.75) is 13.3 Å². The molecule has 0 spiro atoms. The van der Waals surface area contributed by atoms with Crippen LogP contribution in [0.5, 0.6) is 11.5 Å². The van der Waals surface area contributed by atoms with Crippen LogP contribution in [0.4, 0.5) is 11.4 Å². The van der Waals surface area contributed by atoms with Gasteiger partial charge in [0.05, 0.1) is 33.4 Å². The number of carbonyl (C=O) groups is 8. The first-order chi connectivity index (χ1) is 20.9. The molecular weight excluding hydrogens is 582 g/mol. The van der Waals surface area contributed by atoms with Gasteiger partial charge in [0, 0.05) is 24.8 Å². The summed E-state index contributed by atoms with van der Waals surface area (Å²) in [4.78, 5) is 95.8. The molecule has 0 saturated carbocycles. The third-order valence-electron chi connectivity index (χ3n) is 6.03. The number of ketones is 1. The Morgan fingerprint density at radius 1 is 0.636 bits per heavy atom. The summed E-state index contributed by atoms with van der Waals surface area (Å²) in [5, 5.41) is 26.3. The van der Waals surface area contributed by atoms with E-state index in [1.165, 1.54) is 38.2 Å². The van der Waals surface area contributed by atoms with Crippen molar-refractivity contribution < 1.29 is 58.0 Å². The first-order valence-corrected chi connectivity index (χ1v) is 12.5. The van der Waals surface area contributed by atoms with Crippen LogP contribution in [0.2, 0.25) is 0 Å². The van der Waals surface area contributed by atoms with Gasteiger partial charge in [-0.2, -0.15) is 0 Å². The molecule has 0 saturated heterocycles. The number of aromatic carboxylic acids is 2. The number of anilines is 2. The third-order valence-corrected chi connectivity index (χ3v) is 6.03. The van der Waals surface area contributed by atoms with E-state index in [4.69, 9.17) is 9.47 Å². The summed E-state index contributed by atoms with van der Waals surface area (Å²) in [6.45, 7) is 1.55. The zero-order valence-corrected chi connectivity index (χ0v) is 23.0. The van der Waals surface area contributed by atoms with E-state index in [9.17, 15) is 48.6 Å². The highest BCUT2D eigenvalue weighted by Gasteiger charge is 2.25. The van der Waals surface area contributed by atoms with Gasteiger partial charge in [-0.3, -0.25) is 28.8 Å². The summed E-state index contributed by atoms with van der Waals surface area (Å²) in [6, 6.07) is 9.08. The highest BCUT2D eigenvalue weighted by atomic mass is 16.5. The molecule has 15 heteroatoms. The second-order valence-electron chi connectivity index (χ2n) is 8.67. The van der Waals surface area contributed by atoms with Gasteiger partial charge in [0.1, 0.15) is 11.5 Å². The molecule has 0 atom stereocenters. The molecule has 0 aromatic heterocycles. The topological polar surface area (TPSA) is 232 Å². The molecule has 0 aliphatic rings. The Hall–Kier alpha value is -6.38. The maximum Gasteiger partial charge on any atom is 0.336 e. The molecule has 3 aromatic rings. The fourth-order valence-electron chi connectivity index (χ4n) is 3.94. The Kier molecular flexibility index (Phi) is 10.2. The number of benzene rings is 3. The fraction of sp³-hybridized carbons (Fsp3) is 0.103. The Morgan fingerprint density at radius 3 is 1.45 bits per heavy atom. The van der Waals surface area contributed by atoms with E-state index in [1.807, 2.05) is 0 Å². The first kappa shape index (κ1) is 32.1. The lowest BCUT2D eigenvalue weighted by molar-refractivity contribution is -0.121. The van der Waals surface area contributed by atoms with Crippen LogP contribution in [0.15, 0.2) is 48.5 Å². The van der Waals surface area contributed by atoms with E-state index < -0.39 is 52.1 Å². The van der Waals surface area contributed by atoms with Gasteiger partial charge in [0.2, 0.25) is 0 Å². The van der Waals surface area contributed by atoms with Gasteiger partial charge >= 0.3 is 11.9 Å². The molecule has 3 aromatic carbocycles. The molecule has 226 valence electrons. The Balaban J connectivity index is 1.88. The van der Waals surface area contributed by atoms with Crippen LogP contribution in [0.1, 0.15) is 75.5 Å². The van der Waals surface area contributed by atoms with E-state index in [-0.39, 0.29) is 58.9 Å². The molecule has 0 aliphatic carbocycles. The number of hydrogen-bond donors (Lipinski definition) is 5. The zero-order valence-electron chi connectivity index (χ0n) is 23.0. The maximum atomic E-state index is 13.0. The largest absolute Gasteiger partial charge is 0.478 e. The van der Waals surface area contributed by atoms with Gasteiger partial charge < -0.3 is 35.6 Å². The number of carboxylic acids is 2. The van der Waals surface area contributed by atoms with E-state index in [0.717, 1.165) is 24.3 Å². The standard InChI is InChI=1S/C29H23N3O12/c1-3-22(35)20-8-18(28(39)40)17(11-23(20)43-12-33)26(37)31-14-4-6-15(7-5-14)32-27(38)21-9-19(29(41)42)16(25(36)30-2)10-24(21)44-13-34/h4-13H,3H2,1-2H3,(H,30,36)(H,31,37)(H,32,38)(H,39,40)(H,41,42). The van der Waals surface area contributed by atoms with Crippen LogP contribution in [-0.4, -0.2) is 65.6 Å². The van der Waals surface area contributed by atoms with Crippen molar-refractivity contribution in [3.05, 3.63) is 81.9 Å². The predicted octanol–water partition coefficient (Wildman–Crippen LogP) is 2.61. The average molecular weight is 606 g/mol. The van der Waals surface area contributed by atoms with Crippen LogP contribution < -0.4 is 25.4 Å². The smallest absolute Gasteiger partial charge is 0.336 e. The van der Waals surface area contributed by atoms with Crippen LogP contribution in [-0.2, 0) is 9.59 Å². The van der Waals surface area contributed by atoms with Crippen molar-refractivity contribution in [2.24, 2.45) is 0 Å². The molecule has 0 unspecified atom stereocenters. The minimum absolute atomic E-state index is 0.00330. The van der Waals surface area contributed by atoms with E-state index >= 15 is 0 Å². The summed E-state index contributed by atoms with van der Waals surface area (Å²) in [7, 11) is 1.26. The summed E-state index contributed by atoms with van der Waals surface area (Å²) >= 11 is 0. The molecule has 3 amide bonds. The van der Waals surface area contributed by atoms with Crippen molar-refractivity contribution in [1.29, 1.82) is 0 Å². The lowest BCUT2D eigenvalue weighted by atomic mass is 9.98. The fourth-order valence-corrected chi connectivity index (χ4v) is 3.94. The maximum absolute atomic E-state index is 13.0. The van der Waals surface area contributed by atoms with Crippen LogP contribution in [0.3, 0.4) is 0 Å². The molecular formula is C29H23N3O12. The van der Waals surface area contributed by atoms with Gasteiger partial charge in [-0.05, 0) is 48.5 Å². The van der Waals surface area contributed by atoms with Gasteiger partial charge in [-0.25, -0.2) is 9.59 Å². The SMILES string of the molecule is CCC(=O)c1cc(C(=O)O)c(C(=O)Nc2ccc(NC(=O)c3cc(C(=O)O)c(C(=O)NC)cc3OC=O)cc2)cc1OC=O. The minimum atomic E-state index is -1.52. The van der Waals surface area contributed by atoms with Crippen LogP contribution in [0.25, 0.3) is 0 Å². The Bertz CT molecular complexity index is 1700. The molecule has 5 N–H and O–H groups in total. The summed E-state index contributed by atoms with van der Waals surface area (Å²) < 4.78 is 9.60.